The molecule has 5 heteroatoms. The summed E-state index contributed by atoms with van der Waals surface area (Å²) in [6, 6.07) is 0. The Bertz CT molecular complexity index is 323. The molecule has 1 aromatic heterocycles. The molecular formula is C8H12N2O3. The summed E-state index contributed by atoms with van der Waals surface area (Å²) in [6.45, 7) is 2.09. The molecule has 0 unspecified atom stereocenters. The quantitative estimate of drug-likeness (QED) is 0.481. The maximum Gasteiger partial charge on any atom is 0.140 e. The Hall–Kier alpha value is -0.910. The van der Waals surface area contributed by atoms with Gasteiger partial charge in [0.25, 0.3) is 0 Å². The highest BCUT2D eigenvalue weighted by atomic mass is 16.4. The fraction of sp³-hybridized carbons (Fsp3) is 0.625. The molecule has 3 atom stereocenters. The van der Waals surface area contributed by atoms with Crippen LogP contribution in [0.2, 0.25) is 0 Å². The van der Waals surface area contributed by atoms with Crippen molar-refractivity contribution in [3.8, 4) is 0 Å². The normalized spacial score (nSPS) is 33.1. The van der Waals surface area contributed by atoms with Gasteiger partial charge in [-0.05, 0) is 6.92 Å². The van der Waals surface area contributed by atoms with E-state index in [0.29, 0.717) is 5.82 Å². The van der Waals surface area contributed by atoms with Crippen LogP contribution in [0.4, 0.5) is 0 Å². The molecule has 72 valence electrons. The van der Waals surface area contributed by atoms with E-state index in [0.717, 1.165) is 5.69 Å². The molecule has 0 bridgehead atoms. The van der Waals surface area contributed by atoms with Gasteiger partial charge in [-0.2, -0.15) is 0 Å². The number of fused-ring (bicyclic) bond motifs is 1. The maximum absolute atomic E-state index is 9.52. The van der Waals surface area contributed by atoms with Crippen LogP contribution >= 0.6 is 0 Å². The summed E-state index contributed by atoms with van der Waals surface area (Å²) < 4.78 is 1.66. The van der Waals surface area contributed by atoms with Crippen LogP contribution in [-0.4, -0.2) is 37.1 Å². The Kier molecular flexibility index (Phi) is 1.87. The van der Waals surface area contributed by atoms with Gasteiger partial charge in [-0.25, -0.2) is 4.98 Å². The average molecular weight is 184 g/mol. The number of aryl methyl sites for hydroxylation is 1. The second-order valence-electron chi connectivity index (χ2n) is 3.40. The summed E-state index contributed by atoms with van der Waals surface area (Å²) in [7, 11) is 0. The van der Waals surface area contributed by atoms with E-state index in [1.807, 2.05) is 0 Å². The van der Waals surface area contributed by atoms with E-state index in [2.05, 4.69) is 4.98 Å². The predicted octanol–water partition coefficient (Wildman–Crippen LogP) is -1.04. The highest BCUT2D eigenvalue weighted by Gasteiger charge is 2.34. The van der Waals surface area contributed by atoms with Gasteiger partial charge in [0.15, 0.2) is 0 Å². The van der Waals surface area contributed by atoms with Crippen LogP contribution < -0.4 is 0 Å². The number of hydrogen-bond acceptors (Lipinski definition) is 4. The van der Waals surface area contributed by atoms with Crippen molar-refractivity contribution in [2.75, 3.05) is 0 Å². The molecule has 0 aliphatic carbocycles. The Labute approximate surface area is 75.3 Å². The van der Waals surface area contributed by atoms with Gasteiger partial charge in [0.1, 0.15) is 24.1 Å². The van der Waals surface area contributed by atoms with Crippen molar-refractivity contribution in [2.45, 2.75) is 31.8 Å². The fourth-order valence-electron chi connectivity index (χ4n) is 1.62. The number of nitrogens with zero attached hydrogens (tertiary/aromatic N) is 2. The molecule has 0 saturated heterocycles. The molecule has 2 rings (SSSR count). The van der Waals surface area contributed by atoms with Crippen molar-refractivity contribution in [1.29, 1.82) is 0 Å². The lowest BCUT2D eigenvalue weighted by Crippen LogP contribution is -2.41. The minimum atomic E-state index is -1.13. The van der Waals surface area contributed by atoms with Crippen LogP contribution in [0.15, 0.2) is 6.20 Å². The van der Waals surface area contributed by atoms with Crippen molar-refractivity contribution in [3.63, 3.8) is 0 Å². The molecule has 1 aromatic rings. The first-order chi connectivity index (χ1) is 6.09. The van der Waals surface area contributed by atoms with Gasteiger partial charge in [0.05, 0.1) is 12.2 Å². The average Bonchev–Trinajstić information content (AvgIpc) is 2.42. The van der Waals surface area contributed by atoms with Crippen molar-refractivity contribution in [2.24, 2.45) is 0 Å². The van der Waals surface area contributed by atoms with Crippen LogP contribution in [0.3, 0.4) is 0 Å². The van der Waals surface area contributed by atoms with E-state index in [9.17, 15) is 15.3 Å². The molecule has 0 amide bonds. The highest BCUT2D eigenvalue weighted by Crippen LogP contribution is 2.24. The van der Waals surface area contributed by atoms with Gasteiger partial charge in [-0.15, -0.1) is 0 Å². The smallest absolute Gasteiger partial charge is 0.140 e. The molecule has 1 aliphatic rings. The van der Waals surface area contributed by atoms with Gasteiger partial charge in [0.2, 0.25) is 0 Å². The summed E-state index contributed by atoms with van der Waals surface area (Å²) >= 11 is 0. The van der Waals surface area contributed by atoms with E-state index < -0.39 is 18.3 Å². The van der Waals surface area contributed by atoms with Gasteiger partial charge < -0.3 is 19.9 Å². The second kappa shape index (κ2) is 2.80. The first-order valence-corrected chi connectivity index (χ1v) is 4.17. The standard InChI is InChI=1S/C8H12N2O3/c1-4-2-10-3-5(11)6(12)7(13)8(10)9-4/h2,5-7,11-13H,3H2,1H3/t5-,6-,7+/m0/s1. The highest BCUT2D eigenvalue weighted by molar-refractivity contribution is 5.10. The van der Waals surface area contributed by atoms with E-state index in [1.165, 1.54) is 0 Å². The van der Waals surface area contributed by atoms with Gasteiger partial charge in [0, 0.05) is 6.20 Å². The number of aliphatic hydroxyl groups excluding tert-OH is 3. The van der Waals surface area contributed by atoms with Gasteiger partial charge in [-0.1, -0.05) is 0 Å². The SMILES string of the molecule is Cc1cn2c(n1)[C@H](O)[C@@H](O)[C@@H](O)C2. The largest absolute Gasteiger partial charge is 0.388 e. The maximum atomic E-state index is 9.52. The van der Waals surface area contributed by atoms with E-state index in [4.69, 9.17) is 0 Å². The zero-order valence-electron chi connectivity index (χ0n) is 7.25. The Balaban J connectivity index is 2.42. The number of hydrogen-bond donors (Lipinski definition) is 3. The molecule has 13 heavy (non-hydrogen) atoms. The molecule has 2 heterocycles. The number of rotatable bonds is 0. The molecule has 0 radical (unpaired) electrons. The van der Waals surface area contributed by atoms with E-state index in [1.54, 1.807) is 17.7 Å². The Morgan fingerprint density at radius 2 is 2.15 bits per heavy atom. The second-order valence-corrected chi connectivity index (χ2v) is 3.40. The molecule has 0 fully saturated rings. The monoisotopic (exact) mass is 184 g/mol. The Morgan fingerprint density at radius 1 is 1.46 bits per heavy atom. The van der Waals surface area contributed by atoms with E-state index >= 15 is 0 Å². The molecule has 0 spiro atoms. The number of aromatic nitrogens is 2. The molecular weight excluding hydrogens is 172 g/mol. The first-order valence-electron chi connectivity index (χ1n) is 4.17. The lowest BCUT2D eigenvalue weighted by atomic mass is 10.0. The van der Waals surface area contributed by atoms with Crippen molar-refractivity contribution in [3.05, 3.63) is 17.7 Å². The third-order valence-electron chi connectivity index (χ3n) is 2.29. The number of imidazole rings is 1. The van der Waals surface area contributed by atoms with Crippen molar-refractivity contribution >= 4 is 0 Å². The topological polar surface area (TPSA) is 78.5 Å². The fourth-order valence-corrected chi connectivity index (χ4v) is 1.62. The summed E-state index contributed by atoms with van der Waals surface area (Å²) in [5, 5.41) is 28.2. The summed E-state index contributed by atoms with van der Waals surface area (Å²) in [5.41, 5.74) is 0.773. The van der Waals surface area contributed by atoms with E-state index in [-0.39, 0.29) is 6.54 Å². The Morgan fingerprint density at radius 3 is 2.85 bits per heavy atom. The first kappa shape index (κ1) is 8.68. The molecule has 1 aliphatic heterocycles. The lowest BCUT2D eigenvalue weighted by Gasteiger charge is -2.28. The third-order valence-corrected chi connectivity index (χ3v) is 2.29. The lowest BCUT2D eigenvalue weighted by molar-refractivity contribution is -0.0854. The summed E-state index contributed by atoms with van der Waals surface area (Å²) in [6.07, 6.45) is -1.39. The van der Waals surface area contributed by atoms with Crippen LogP contribution in [-0.2, 0) is 6.54 Å². The molecule has 5 nitrogen and oxygen atoms in total. The van der Waals surface area contributed by atoms with Crippen molar-refractivity contribution < 1.29 is 15.3 Å². The van der Waals surface area contributed by atoms with Crippen LogP contribution in [0.1, 0.15) is 17.6 Å². The summed E-state index contributed by atoms with van der Waals surface area (Å²) in [4.78, 5) is 4.06. The minimum Gasteiger partial charge on any atom is -0.388 e. The van der Waals surface area contributed by atoms with Crippen LogP contribution in [0.25, 0.3) is 0 Å². The predicted molar refractivity (Wildman–Crippen MR) is 43.9 cm³/mol. The zero-order chi connectivity index (χ0) is 9.59. The number of aliphatic hydroxyl groups is 3. The van der Waals surface area contributed by atoms with Crippen LogP contribution in [0.5, 0.6) is 0 Å². The molecule has 0 saturated carbocycles. The third kappa shape index (κ3) is 1.25. The molecule has 0 aromatic carbocycles. The van der Waals surface area contributed by atoms with Gasteiger partial charge in [-0.3, -0.25) is 0 Å². The summed E-state index contributed by atoms with van der Waals surface area (Å²) in [5.74, 6) is 0.426. The van der Waals surface area contributed by atoms with Crippen molar-refractivity contribution in [1.82, 2.24) is 9.55 Å². The van der Waals surface area contributed by atoms with Gasteiger partial charge >= 0.3 is 0 Å². The van der Waals surface area contributed by atoms with Crippen LogP contribution in [0, 0.1) is 6.92 Å². The minimum absolute atomic E-state index is 0.286. The molecule has 3 N–H and O–H groups in total. The zero-order valence-corrected chi connectivity index (χ0v) is 7.25.